The van der Waals surface area contributed by atoms with Gasteiger partial charge in [0.1, 0.15) is 5.65 Å². The van der Waals surface area contributed by atoms with E-state index in [2.05, 4.69) is 104 Å². The van der Waals surface area contributed by atoms with Crippen molar-refractivity contribution >= 4 is 65.5 Å². The predicted molar refractivity (Wildman–Crippen MR) is 137 cm³/mol. The zero-order chi connectivity index (χ0) is 21.5. The predicted octanol–water partition coefficient (Wildman–Crippen LogP) is 7.45. The van der Waals surface area contributed by atoms with Gasteiger partial charge in [-0.1, -0.05) is 36.4 Å². The molecule has 8 rings (SSSR count). The van der Waals surface area contributed by atoms with Crippen molar-refractivity contribution in [3.8, 4) is 5.69 Å². The van der Waals surface area contributed by atoms with Crippen molar-refractivity contribution in [3.05, 3.63) is 97.2 Å². The maximum Gasteiger partial charge on any atom is 0.138 e. The summed E-state index contributed by atoms with van der Waals surface area (Å²) < 4.78 is 2.36. The molecule has 0 aliphatic carbocycles. The average molecular weight is 422 g/mol. The fourth-order valence-electron chi connectivity index (χ4n) is 5.44. The Balaban J connectivity index is 1.53. The van der Waals surface area contributed by atoms with Crippen LogP contribution in [0.2, 0.25) is 0 Å². The van der Waals surface area contributed by atoms with Crippen LogP contribution in [-0.4, -0.2) is 19.5 Å². The van der Waals surface area contributed by atoms with Crippen LogP contribution < -0.4 is 0 Å². The number of H-pyrrole nitrogens is 2. The highest BCUT2D eigenvalue weighted by Crippen LogP contribution is 2.38. The molecule has 0 aliphatic heterocycles. The van der Waals surface area contributed by atoms with E-state index in [4.69, 9.17) is 0 Å². The second-order valence-electron chi connectivity index (χ2n) is 8.70. The van der Waals surface area contributed by atoms with Gasteiger partial charge in [0, 0.05) is 60.8 Å². The molecule has 0 saturated heterocycles. The van der Waals surface area contributed by atoms with E-state index in [-0.39, 0.29) is 0 Å². The minimum absolute atomic E-state index is 0.929. The van der Waals surface area contributed by atoms with Crippen molar-refractivity contribution in [2.45, 2.75) is 0 Å². The third-order valence-electron chi connectivity index (χ3n) is 6.89. The Morgan fingerprint density at radius 2 is 1.21 bits per heavy atom. The van der Waals surface area contributed by atoms with Gasteiger partial charge in [0.2, 0.25) is 0 Å². The minimum atomic E-state index is 0.929. The number of nitrogens with zero attached hydrogens (tertiary/aromatic N) is 2. The van der Waals surface area contributed by atoms with Gasteiger partial charge in [0.15, 0.2) is 0 Å². The third-order valence-corrected chi connectivity index (χ3v) is 6.89. The Hall–Kier alpha value is -4.57. The molecule has 4 heteroatoms. The van der Waals surface area contributed by atoms with Gasteiger partial charge in [-0.3, -0.25) is 0 Å². The molecule has 154 valence electrons. The summed E-state index contributed by atoms with van der Waals surface area (Å²) >= 11 is 0. The molecule has 0 atom stereocenters. The second kappa shape index (κ2) is 6.02. The summed E-state index contributed by atoms with van der Waals surface area (Å²) in [4.78, 5) is 11.6. The number of hydrogen-bond acceptors (Lipinski definition) is 1. The van der Waals surface area contributed by atoms with E-state index in [1.165, 1.54) is 43.7 Å². The van der Waals surface area contributed by atoms with Gasteiger partial charge < -0.3 is 14.5 Å². The maximum atomic E-state index is 4.49. The zero-order valence-corrected chi connectivity index (χ0v) is 17.6. The molecule has 4 aromatic heterocycles. The van der Waals surface area contributed by atoms with Crippen LogP contribution >= 0.6 is 0 Å². The van der Waals surface area contributed by atoms with E-state index in [1.807, 2.05) is 12.3 Å². The van der Waals surface area contributed by atoms with Crippen molar-refractivity contribution in [1.29, 1.82) is 0 Å². The van der Waals surface area contributed by atoms with Gasteiger partial charge in [0.25, 0.3) is 0 Å². The smallest absolute Gasteiger partial charge is 0.138 e. The molecule has 0 unspecified atom stereocenters. The van der Waals surface area contributed by atoms with Gasteiger partial charge >= 0.3 is 0 Å². The first-order valence-corrected chi connectivity index (χ1v) is 11.2. The molecular weight excluding hydrogens is 404 g/mol. The van der Waals surface area contributed by atoms with Gasteiger partial charge in [0.05, 0.1) is 11.0 Å². The summed E-state index contributed by atoms with van der Waals surface area (Å²) in [6.45, 7) is 0. The molecule has 0 bridgehead atoms. The lowest BCUT2D eigenvalue weighted by molar-refractivity contribution is 1.18. The van der Waals surface area contributed by atoms with Gasteiger partial charge in [-0.05, 0) is 54.6 Å². The number of para-hydroxylation sites is 2. The third kappa shape index (κ3) is 2.22. The van der Waals surface area contributed by atoms with Crippen LogP contribution in [0.15, 0.2) is 97.2 Å². The Bertz CT molecular complexity index is 2020. The summed E-state index contributed by atoms with van der Waals surface area (Å²) in [7, 11) is 0. The molecule has 4 nitrogen and oxygen atoms in total. The fourth-order valence-corrected chi connectivity index (χ4v) is 5.44. The van der Waals surface area contributed by atoms with E-state index < -0.39 is 0 Å². The van der Waals surface area contributed by atoms with Crippen LogP contribution in [0.4, 0.5) is 0 Å². The lowest BCUT2D eigenvalue weighted by Gasteiger charge is -2.07. The molecule has 4 heterocycles. The molecule has 0 spiro atoms. The number of nitrogens with one attached hydrogen (secondary N) is 2. The van der Waals surface area contributed by atoms with Crippen LogP contribution in [0.1, 0.15) is 0 Å². The maximum absolute atomic E-state index is 4.49. The molecule has 8 aromatic rings. The fraction of sp³-hybridized carbons (Fsp3) is 0. The summed E-state index contributed by atoms with van der Waals surface area (Å²) in [6.07, 6.45) is 1.83. The quantitative estimate of drug-likeness (QED) is 0.284. The monoisotopic (exact) mass is 422 g/mol. The largest absolute Gasteiger partial charge is 0.354 e. The summed E-state index contributed by atoms with van der Waals surface area (Å²) in [5.74, 6) is 0. The highest BCUT2D eigenvalue weighted by molar-refractivity contribution is 6.21. The van der Waals surface area contributed by atoms with E-state index in [1.54, 1.807) is 0 Å². The molecular formula is C29H18N4. The minimum Gasteiger partial charge on any atom is -0.354 e. The lowest BCUT2D eigenvalue weighted by Crippen LogP contribution is -1.92. The number of benzene rings is 4. The standard InChI is InChI=1S/C29H18N4/c1-2-7-17(8-3-1)33-27-11-5-4-9-18(27)23-14-22-21-13-20-19-10-6-12-30-29(19)32-25(20)15-24(21)31-26(22)16-28(23)33/h1-16,31H,(H,30,32). The average Bonchev–Trinajstić information content (AvgIpc) is 3.50. The number of pyridine rings is 1. The van der Waals surface area contributed by atoms with Crippen LogP contribution in [0, 0.1) is 0 Å². The van der Waals surface area contributed by atoms with Gasteiger partial charge in [-0.2, -0.15) is 0 Å². The van der Waals surface area contributed by atoms with Crippen LogP contribution in [0.5, 0.6) is 0 Å². The Morgan fingerprint density at radius 1 is 0.515 bits per heavy atom. The van der Waals surface area contributed by atoms with Crippen molar-refractivity contribution in [3.63, 3.8) is 0 Å². The molecule has 0 amide bonds. The molecule has 4 aromatic carbocycles. The number of aromatic nitrogens is 4. The summed E-state index contributed by atoms with van der Waals surface area (Å²) in [6, 6.07) is 32.5. The van der Waals surface area contributed by atoms with E-state index in [0.717, 1.165) is 27.6 Å². The first kappa shape index (κ1) is 17.0. The van der Waals surface area contributed by atoms with Crippen LogP contribution in [-0.2, 0) is 0 Å². The van der Waals surface area contributed by atoms with Crippen LogP contribution in [0.25, 0.3) is 71.2 Å². The van der Waals surface area contributed by atoms with Crippen LogP contribution in [0.3, 0.4) is 0 Å². The Labute approximate surface area is 188 Å². The number of rotatable bonds is 1. The first-order chi connectivity index (χ1) is 16.3. The molecule has 2 N–H and O–H groups in total. The van der Waals surface area contributed by atoms with Crippen molar-refractivity contribution in [2.24, 2.45) is 0 Å². The van der Waals surface area contributed by atoms with Gasteiger partial charge in [-0.25, -0.2) is 4.98 Å². The number of fused-ring (bicyclic) bond motifs is 9. The van der Waals surface area contributed by atoms with Crippen molar-refractivity contribution in [1.82, 2.24) is 19.5 Å². The number of hydrogen-bond donors (Lipinski definition) is 2. The highest BCUT2D eigenvalue weighted by atomic mass is 15.0. The first-order valence-electron chi connectivity index (χ1n) is 11.2. The van der Waals surface area contributed by atoms with Crippen molar-refractivity contribution < 1.29 is 0 Å². The van der Waals surface area contributed by atoms with Crippen molar-refractivity contribution in [2.75, 3.05) is 0 Å². The molecule has 0 fully saturated rings. The van der Waals surface area contributed by atoms with E-state index in [0.29, 0.717) is 0 Å². The molecule has 33 heavy (non-hydrogen) atoms. The molecule has 0 aliphatic rings. The molecule has 0 radical (unpaired) electrons. The normalized spacial score (nSPS) is 12.2. The van der Waals surface area contributed by atoms with E-state index >= 15 is 0 Å². The number of aromatic amines is 2. The lowest BCUT2D eigenvalue weighted by atomic mass is 10.1. The SMILES string of the molecule is c1ccc(-n2c3ccccc3c3cc4c(cc32)[nH]c2cc3[nH]c5ncccc5c3cc24)cc1. The topological polar surface area (TPSA) is 49.4 Å². The van der Waals surface area contributed by atoms with Gasteiger partial charge in [-0.15, -0.1) is 0 Å². The highest BCUT2D eigenvalue weighted by Gasteiger charge is 2.16. The van der Waals surface area contributed by atoms with E-state index in [9.17, 15) is 0 Å². The summed E-state index contributed by atoms with van der Waals surface area (Å²) in [5, 5.41) is 7.38. The molecule has 0 saturated carbocycles. The Morgan fingerprint density at radius 3 is 2.12 bits per heavy atom. The second-order valence-corrected chi connectivity index (χ2v) is 8.70. The Kier molecular flexibility index (Phi) is 3.11. The summed E-state index contributed by atoms with van der Waals surface area (Å²) in [5.41, 5.74) is 7.91. The zero-order valence-electron chi connectivity index (χ0n) is 17.6.